The summed E-state index contributed by atoms with van der Waals surface area (Å²) in [6, 6.07) is 17.3. The van der Waals surface area contributed by atoms with Crippen LogP contribution in [-0.2, 0) is 20.9 Å². The van der Waals surface area contributed by atoms with Crippen LogP contribution in [-0.4, -0.2) is 11.8 Å². The van der Waals surface area contributed by atoms with Gasteiger partial charge in [0.05, 0.1) is 0 Å². The van der Waals surface area contributed by atoms with Gasteiger partial charge in [0.15, 0.2) is 6.10 Å². The van der Waals surface area contributed by atoms with Crippen LogP contribution in [0.1, 0.15) is 31.1 Å². The van der Waals surface area contributed by atoms with E-state index in [0.717, 1.165) is 16.9 Å². The fraction of sp³-hybridized carbons (Fsp3) is 0.278. The van der Waals surface area contributed by atoms with Gasteiger partial charge in [-0.25, -0.2) is 4.79 Å². The van der Waals surface area contributed by atoms with E-state index >= 15 is 0 Å². The molecule has 3 rings (SSSR count). The van der Waals surface area contributed by atoms with Crippen molar-refractivity contribution in [2.24, 2.45) is 0 Å². The SMILES string of the molecule is CC1(C)OC(=O)[C@@H](c2ccc(OCc3ccccc3)cc2)O1. The molecular formula is C18H18O4. The van der Waals surface area contributed by atoms with Crippen LogP contribution < -0.4 is 4.74 Å². The monoisotopic (exact) mass is 298 g/mol. The van der Waals surface area contributed by atoms with E-state index in [-0.39, 0.29) is 5.97 Å². The summed E-state index contributed by atoms with van der Waals surface area (Å²) in [7, 11) is 0. The average molecular weight is 298 g/mol. The summed E-state index contributed by atoms with van der Waals surface area (Å²) in [5.74, 6) is -0.481. The van der Waals surface area contributed by atoms with Crippen LogP contribution in [0.4, 0.5) is 0 Å². The Labute approximate surface area is 129 Å². The van der Waals surface area contributed by atoms with Crippen LogP contribution in [0.3, 0.4) is 0 Å². The lowest BCUT2D eigenvalue weighted by Gasteiger charge is -2.15. The average Bonchev–Trinajstić information content (AvgIpc) is 2.80. The predicted molar refractivity (Wildman–Crippen MR) is 81.2 cm³/mol. The van der Waals surface area contributed by atoms with Crippen LogP contribution in [0.15, 0.2) is 54.6 Å². The topological polar surface area (TPSA) is 44.8 Å². The van der Waals surface area contributed by atoms with Gasteiger partial charge in [-0.15, -0.1) is 0 Å². The summed E-state index contributed by atoms with van der Waals surface area (Å²) in [4.78, 5) is 11.8. The van der Waals surface area contributed by atoms with E-state index in [1.54, 1.807) is 13.8 Å². The molecule has 1 aliphatic heterocycles. The van der Waals surface area contributed by atoms with Crippen molar-refractivity contribution in [3.8, 4) is 5.75 Å². The lowest BCUT2D eigenvalue weighted by molar-refractivity contribution is -0.160. The highest BCUT2D eigenvalue weighted by atomic mass is 16.8. The van der Waals surface area contributed by atoms with Crippen LogP contribution in [0.25, 0.3) is 0 Å². The summed E-state index contributed by atoms with van der Waals surface area (Å²) in [5, 5.41) is 0. The van der Waals surface area contributed by atoms with Gasteiger partial charge < -0.3 is 14.2 Å². The van der Waals surface area contributed by atoms with Gasteiger partial charge in [0.2, 0.25) is 5.79 Å². The van der Waals surface area contributed by atoms with Gasteiger partial charge in [0.1, 0.15) is 12.4 Å². The molecule has 22 heavy (non-hydrogen) atoms. The largest absolute Gasteiger partial charge is 0.489 e. The summed E-state index contributed by atoms with van der Waals surface area (Å²) >= 11 is 0. The molecular weight excluding hydrogens is 280 g/mol. The molecule has 0 amide bonds. The third kappa shape index (κ3) is 3.28. The van der Waals surface area contributed by atoms with E-state index in [0.29, 0.717) is 6.61 Å². The Morgan fingerprint density at radius 1 is 1.05 bits per heavy atom. The normalized spacial score (nSPS) is 19.7. The van der Waals surface area contributed by atoms with Crippen molar-refractivity contribution < 1.29 is 19.0 Å². The number of rotatable bonds is 4. The molecule has 1 aliphatic rings. The van der Waals surface area contributed by atoms with Gasteiger partial charge in [-0.3, -0.25) is 0 Å². The number of cyclic esters (lactones) is 1. The van der Waals surface area contributed by atoms with Crippen molar-refractivity contribution >= 4 is 5.97 Å². The molecule has 1 fully saturated rings. The molecule has 0 aliphatic carbocycles. The molecule has 0 radical (unpaired) electrons. The first kappa shape index (κ1) is 14.6. The van der Waals surface area contributed by atoms with Gasteiger partial charge in [-0.05, 0) is 23.3 Å². The first-order valence-corrected chi connectivity index (χ1v) is 7.21. The number of esters is 1. The first-order chi connectivity index (χ1) is 10.5. The van der Waals surface area contributed by atoms with Crippen molar-refractivity contribution in [3.05, 3.63) is 65.7 Å². The zero-order valence-electron chi connectivity index (χ0n) is 12.6. The molecule has 0 bridgehead atoms. The first-order valence-electron chi connectivity index (χ1n) is 7.21. The molecule has 0 aromatic heterocycles. The third-order valence-corrected chi connectivity index (χ3v) is 3.39. The van der Waals surface area contributed by atoms with Crippen LogP contribution >= 0.6 is 0 Å². The molecule has 0 spiro atoms. The maximum absolute atomic E-state index is 11.8. The van der Waals surface area contributed by atoms with Gasteiger partial charge in [0.25, 0.3) is 0 Å². The zero-order valence-corrected chi connectivity index (χ0v) is 12.6. The van der Waals surface area contributed by atoms with Gasteiger partial charge in [-0.2, -0.15) is 0 Å². The van der Waals surface area contributed by atoms with Crippen LogP contribution in [0, 0.1) is 0 Å². The van der Waals surface area contributed by atoms with E-state index in [9.17, 15) is 4.79 Å². The minimum absolute atomic E-state index is 0.358. The Balaban J connectivity index is 1.65. The van der Waals surface area contributed by atoms with E-state index in [1.807, 2.05) is 54.6 Å². The van der Waals surface area contributed by atoms with E-state index < -0.39 is 11.9 Å². The highest BCUT2D eigenvalue weighted by Gasteiger charge is 2.41. The molecule has 1 heterocycles. The van der Waals surface area contributed by atoms with Crippen molar-refractivity contribution in [2.75, 3.05) is 0 Å². The summed E-state index contributed by atoms with van der Waals surface area (Å²) in [5.41, 5.74) is 1.87. The van der Waals surface area contributed by atoms with Gasteiger partial charge in [-0.1, -0.05) is 42.5 Å². The second-order valence-corrected chi connectivity index (χ2v) is 5.66. The fourth-order valence-corrected chi connectivity index (χ4v) is 2.34. The maximum atomic E-state index is 11.8. The van der Waals surface area contributed by atoms with Crippen molar-refractivity contribution in [2.45, 2.75) is 32.3 Å². The van der Waals surface area contributed by atoms with Crippen molar-refractivity contribution in [1.82, 2.24) is 0 Å². The zero-order chi connectivity index (χ0) is 15.6. The number of hydrogen-bond acceptors (Lipinski definition) is 4. The molecule has 2 aromatic carbocycles. The lowest BCUT2D eigenvalue weighted by atomic mass is 10.1. The maximum Gasteiger partial charge on any atom is 0.342 e. The van der Waals surface area contributed by atoms with E-state index in [1.165, 1.54) is 0 Å². The minimum Gasteiger partial charge on any atom is -0.489 e. The Morgan fingerprint density at radius 2 is 1.73 bits per heavy atom. The quantitative estimate of drug-likeness (QED) is 0.809. The van der Waals surface area contributed by atoms with Gasteiger partial charge in [0, 0.05) is 13.8 Å². The standard InChI is InChI=1S/C18H18O4/c1-18(2)21-16(17(19)22-18)14-8-10-15(11-9-14)20-12-13-6-4-3-5-7-13/h3-11,16H,12H2,1-2H3/t16-/m1/s1. The summed E-state index contributed by atoms with van der Waals surface area (Å²) in [6.45, 7) is 3.96. The molecule has 4 heteroatoms. The molecule has 1 atom stereocenters. The van der Waals surface area contributed by atoms with Crippen LogP contribution in [0.5, 0.6) is 5.75 Å². The highest BCUT2D eigenvalue weighted by molar-refractivity contribution is 5.78. The smallest absolute Gasteiger partial charge is 0.342 e. The second-order valence-electron chi connectivity index (χ2n) is 5.66. The highest BCUT2D eigenvalue weighted by Crippen LogP contribution is 2.34. The van der Waals surface area contributed by atoms with E-state index in [2.05, 4.69) is 0 Å². The molecule has 4 nitrogen and oxygen atoms in total. The van der Waals surface area contributed by atoms with E-state index in [4.69, 9.17) is 14.2 Å². The number of benzene rings is 2. The number of carbonyl (C=O) groups excluding carboxylic acids is 1. The third-order valence-electron chi connectivity index (χ3n) is 3.39. The second kappa shape index (κ2) is 5.81. The Morgan fingerprint density at radius 3 is 2.32 bits per heavy atom. The molecule has 114 valence electrons. The summed E-state index contributed by atoms with van der Waals surface area (Å²) < 4.78 is 16.5. The molecule has 0 unspecified atom stereocenters. The summed E-state index contributed by atoms with van der Waals surface area (Å²) in [6.07, 6.45) is -0.668. The molecule has 0 N–H and O–H groups in total. The molecule has 2 aromatic rings. The molecule has 1 saturated heterocycles. The van der Waals surface area contributed by atoms with Crippen LogP contribution in [0.2, 0.25) is 0 Å². The Hall–Kier alpha value is -2.33. The molecule has 0 saturated carbocycles. The van der Waals surface area contributed by atoms with Crippen molar-refractivity contribution in [1.29, 1.82) is 0 Å². The Kier molecular flexibility index (Phi) is 3.86. The van der Waals surface area contributed by atoms with Gasteiger partial charge >= 0.3 is 5.97 Å². The fourth-order valence-electron chi connectivity index (χ4n) is 2.34. The van der Waals surface area contributed by atoms with Crippen molar-refractivity contribution in [3.63, 3.8) is 0 Å². The number of hydrogen-bond donors (Lipinski definition) is 0. The Bertz CT molecular complexity index is 647. The number of carbonyl (C=O) groups is 1. The number of ether oxygens (including phenoxy) is 3. The minimum atomic E-state index is -0.871. The predicted octanol–water partition coefficient (Wildman–Crippen LogP) is 3.62. The lowest BCUT2D eigenvalue weighted by Crippen LogP contribution is -2.20.